The molecule has 0 unspecified atom stereocenters. The van der Waals surface area contributed by atoms with E-state index in [4.69, 9.17) is 9.52 Å². The summed E-state index contributed by atoms with van der Waals surface area (Å²) in [4.78, 5) is 11.8. The summed E-state index contributed by atoms with van der Waals surface area (Å²) in [5.41, 5.74) is 1.71. The van der Waals surface area contributed by atoms with Gasteiger partial charge in [-0.1, -0.05) is 15.9 Å². The molecule has 0 aliphatic heterocycles. The maximum atomic E-state index is 11.8. The lowest BCUT2D eigenvalue weighted by Gasteiger charge is -2.00. The third-order valence-electron chi connectivity index (χ3n) is 2.61. The molecule has 0 saturated heterocycles. The van der Waals surface area contributed by atoms with E-state index in [-0.39, 0.29) is 12.5 Å². The molecule has 0 aliphatic rings. The van der Waals surface area contributed by atoms with Crippen LogP contribution in [-0.2, 0) is 0 Å². The second-order valence-corrected chi connectivity index (χ2v) is 5.00. The Morgan fingerprint density at radius 2 is 2.22 bits per heavy atom. The fourth-order valence-corrected chi connectivity index (χ4v) is 2.35. The normalized spacial score (nSPS) is 10.8. The van der Waals surface area contributed by atoms with E-state index in [1.807, 2.05) is 19.1 Å². The first-order chi connectivity index (χ1) is 8.61. The molecule has 0 radical (unpaired) electrons. The van der Waals surface area contributed by atoms with Crippen LogP contribution in [0.25, 0.3) is 11.0 Å². The van der Waals surface area contributed by atoms with Crippen LogP contribution in [-0.4, -0.2) is 24.2 Å². The maximum Gasteiger partial charge on any atom is 0.287 e. The molecule has 5 heteroatoms. The van der Waals surface area contributed by atoms with Gasteiger partial charge >= 0.3 is 0 Å². The Kier molecular flexibility index (Phi) is 4.04. The highest BCUT2D eigenvalue weighted by Gasteiger charge is 2.13. The Hall–Kier alpha value is -1.33. The highest BCUT2D eigenvalue weighted by Crippen LogP contribution is 2.26. The molecule has 96 valence electrons. The van der Waals surface area contributed by atoms with Crippen molar-refractivity contribution in [3.63, 3.8) is 0 Å². The fourth-order valence-electron chi connectivity index (χ4n) is 1.76. The molecule has 2 rings (SSSR count). The standard InChI is InChI=1S/C13H14BrNO3/c1-8-5-10(14)6-9-7-11(18-12(8)9)13(17)15-3-2-4-16/h5-7,16H,2-4H2,1H3,(H,15,17). The van der Waals surface area contributed by atoms with E-state index in [0.717, 1.165) is 21.0 Å². The molecule has 0 fully saturated rings. The van der Waals surface area contributed by atoms with E-state index in [2.05, 4.69) is 21.2 Å². The van der Waals surface area contributed by atoms with Crippen molar-refractivity contribution in [2.75, 3.05) is 13.2 Å². The number of carbonyl (C=O) groups is 1. The molecule has 4 nitrogen and oxygen atoms in total. The van der Waals surface area contributed by atoms with Gasteiger partial charge in [-0.2, -0.15) is 0 Å². The summed E-state index contributed by atoms with van der Waals surface area (Å²) in [6, 6.07) is 5.58. The Morgan fingerprint density at radius 3 is 2.94 bits per heavy atom. The molecule has 1 heterocycles. The Morgan fingerprint density at radius 1 is 1.44 bits per heavy atom. The summed E-state index contributed by atoms with van der Waals surface area (Å²) >= 11 is 3.41. The van der Waals surface area contributed by atoms with Crippen molar-refractivity contribution >= 4 is 32.8 Å². The molecule has 0 saturated carbocycles. The van der Waals surface area contributed by atoms with Crippen molar-refractivity contribution in [3.05, 3.63) is 34.0 Å². The molecule has 0 atom stereocenters. The monoisotopic (exact) mass is 311 g/mol. The number of furan rings is 1. The summed E-state index contributed by atoms with van der Waals surface area (Å²) in [5, 5.41) is 12.2. The molecule has 1 amide bonds. The number of rotatable bonds is 4. The van der Waals surface area contributed by atoms with Crippen LogP contribution in [0.1, 0.15) is 22.5 Å². The zero-order chi connectivity index (χ0) is 13.1. The van der Waals surface area contributed by atoms with Crippen molar-refractivity contribution < 1.29 is 14.3 Å². The van der Waals surface area contributed by atoms with Gasteiger partial charge in [0.15, 0.2) is 5.76 Å². The second-order valence-electron chi connectivity index (χ2n) is 4.08. The van der Waals surface area contributed by atoms with E-state index >= 15 is 0 Å². The average Bonchev–Trinajstić information content (AvgIpc) is 2.73. The zero-order valence-corrected chi connectivity index (χ0v) is 11.6. The molecule has 1 aromatic carbocycles. The molecule has 2 N–H and O–H groups in total. The van der Waals surface area contributed by atoms with Gasteiger partial charge in [0.05, 0.1) is 0 Å². The van der Waals surface area contributed by atoms with Crippen LogP contribution in [0.15, 0.2) is 27.1 Å². The number of aliphatic hydroxyl groups excluding tert-OH is 1. The molecular formula is C13H14BrNO3. The van der Waals surface area contributed by atoms with Gasteiger partial charge in [0, 0.05) is 23.0 Å². The lowest BCUT2D eigenvalue weighted by Crippen LogP contribution is -2.24. The third kappa shape index (κ3) is 2.73. The summed E-state index contributed by atoms with van der Waals surface area (Å²) in [7, 11) is 0. The number of hydrogen-bond donors (Lipinski definition) is 2. The van der Waals surface area contributed by atoms with E-state index < -0.39 is 0 Å². The lowest BCUT2D eigenvalue weighted by molar-refractivity contribution is 0.0925. The summed E-state index contributed by atoms with van der Waals surface area (Å²) in [6.07, 6.45) is 0.538. The minimum atomic E-state index is -0.254. The number of halogens is 1. The van der Waals surface area contributed by atoms with Gasteiger partial charge in [0.1, 0.15) is 5.58 Å². The highest BCUT2D eigenvalue weighted by atomic mass is 79.9. The number of aryl methyl sites for hydroxylation is 1. The van der Waals surface area contributed by atoms with Crippen LogP contribution in [0.5, 0.6) is 0 Å². The summed E-state index contributed by atoms with van der Waals surface area (Å²) in [5.74, 6) is 0.0410. The minimum Gasteiger partial charge on any atom is -0.451 e. The van der Waals surface area contributed by atoms with Gasteiger partial charge in [-0.25, -0.2) is 0 Å². The van der Waals surface area contributed by atoms with Crippen LogP contribution in [0, 0.1) is 6.92 Å². The van der Waals surface area contributed by atoms with Gasteiger partial charge in [-0.05, 0) is 37.1 Å². The van der Waals surface area contributed by atoms with E-state index in [1.165, 1.54) is 0 Å². The SMILES string of the molecule is Cc1cc(Br)cc2cc(C(=O)NCCCO)oc12. The number of aliphatic hydroxyl groups is 1. The van der Waals surface area contributed by atoms with Crippen molar-refractivity contribution in [1.29, 1.82) is 0 Å². The topological polar surface area (TPSA) is 62.5 Å². The van der Waals surface area contributed by atoms with Gasteiger partial charge in [-0.3, -0.25) is 4.79 Å². The van der Waals surface area contributed by atoms with Crippen molar-refractivity contribution in [2.45, 2.75) is 13.3 Å². The zero-order valence-electron chi connectivity index (χ0n) is 10.00. The van der Waals surface area contributed by atoms with Gasteiger partial charge in [0.2, 0.25) is 0 Å². The Balaban J connectivity index is 2.24. The van der Waals surface area contributed by atoms with Crippen LogP contribution in [0.2, 0.25) is 0 Å². The molecular weight excluding hydrogens is 298 g/mol. The minimum absolute atomic E-state index is 0.0620. The first kappa shape index (κ1) is 13.1. The fraction of sp³-hybridized carbons (Fsp3) is 0.308. The van der Waals surface area contributed by atoms with Crippen molar-refractivity contribution in [1.82, 2.24) is 5.32 Å². The van der Waals surface area contributed by atoms with Crippen molar-refractivity contribution in [3.8, 4) is 0 Å². The average molecular weight is 312 g/mol. The number of fused-ring (bicyclic) bond motifs is 1. The Bertz CT molecular complexity index is 577. The predicted octanol–water partition coefficient (Wildman–Crippen LogP) is 2.62. The summed E-state index contributed by atoms with van der Waals surface area (Å²) < 4.78 is 6.51. The van der Waals surface area contributed by atoms with Crippen LogP contribution in [0.3, 0.4) is 0 Å². The van der Waals surface area contributed by atoms with Crippen LogP contribution in [0.4, 0.5) is 0 Å². The first-order valence-electron chi connectivity index (χ1n) is 5.70. The predicted molar refractivity (Wildman–Crippen MR) is 72.7 cm³/mol. The number of carbonyl (C=O) groups excluding carboxylic acids is 1. The first-order valence-corrected chi connectivity index (χ1v) is 6.50. The molecule has 1 aromatic heterocycles. The van der Waals surface area contributed by atoms with E-state index in [0.29, 0.717) is 18.7 Å². The van der Waals surface area contributed by atoms with E-state index in [9.17, 15) is 4.79 Å². The van der Waals surface area contributed by atoms with Gasteiger partial charge in [-0.15, -0.1) is 0 Å². The number of amides is 1. The maximum absolute atomic E-state index is 11.8. The molecule has 0 aliphatic carbocycles. The molecule has 0 spiro atoms. The third-order valence-corrected chi connectivity index (χ3v) is 3.07. The largest absolute Gasteiger partial charge is 0.451 e. The van der Waals surface area contributed by atoms with Gasteiger partial charge in [0.25, 0.3) is 5.91 Å². The van der Waals surface area contributed by atoms with Crippen LogP contribution >= 0.6 is 15.9 Å². The smallest absolute Gasteiger partial charge is 0.287 e. The second kappa shape index (κ2) is 5.54. The summed E-state index contributed by atoms with van der Waals surface area (Å²) in [6.45, 7) is 2.44. The highest BCUT2D eigenvalue weighted by molar-refractivity contribution is 9.10. The van der Waals surface area contributed by atoms with Gasteiger partial charge < -0.3 is 14.8 Å². The van der Waals surface area contributed by atoms with Crippen molar-refractivity contribution in [2.24, 2.45) is 0 Å². The Labute approximate surface area is 113 Å². The molecule has 18 heavy (non-hydrogen) atoms. The number of nitrogens with one attached hydrogen (secondary N) is 1. The molecule has 0 bridgehead atoms. The number of benzene rings is 1. The number of hydrogen-bond acceptors (Lipinski definition) is 3. The quantitative estimate of drug-likeness (QED) is 0.853. The lowest BCUT2D eigenvalue weighted by atomic mass is 10.2. The van der Waals surface area contributed by atoms with E-state index in [1.54, 1.807) is 6.07 Å². The van der Waals surface area contributed by atoms with Crippen LogP contribution < -0.4 is 5.32 Å². The molecule has 2 aromatic rings.